The summed E-state index contributed by atoms with van der Waals surface area (Å²) in [6, 6.07) is 10.8. The average molecular weight is 357 g/mol. The Morgan fingerprint density at radius 3 is 2.68 bits per heavy atom. The van der Waals surface area contributed by atoms with E-state index in [4.69, 9.17) is 27.9 Å². The van der Waals surface area contributed by atoms with Crippen LogP contribution in [0.2, 0.25) is 10.0 Å². The van der Waals surface area contributed by atoms with Crippen LogP contribution in [0.25, 0.3) is 10.9 Å². The highest BCUT2D eigenvalue weighted by atomic mass is 35.5. The van der Waals surface area contributed by atoms with E-state index in [1.54, 1.807) is 25.3 Å². The zero-order valence-corrected chi connectivity index (χ0v) is 13.8. The number of nitrogens with one attached hydrogen (secondary N) is 1. The van der Waals surface area contributed by atoms with Crippen LogP contribution in [-0.4, -0.2) is 17.1 Å². The van der Waals surface area contributed by atoms with Gasteiger partial charge in [-0.15, -0.1) is 12.4 Å². The normalized spacial score (nSPS) is 10.1. The molecule has 0 saturated carbocycles. The van der Waals surface area contributed by atoms with Crippen molar-refractivity contribution in [1.29, 1.82) is 0 Å². The second kappa shape index (κ2) is 7.01. The lowest BCUT2D eigenvalue weighted by molar-refractivity contribution is 0.420. The molecule has 2 aromatic carbocycles. The van der Waals surface area contributed by atoms with Crippen molar-refractivity contribution >= 4 is 58.0 Å². The molecule has 0 bridgehead atoms. The van der Waals surface area contributed by atoms with Crippen LogP contribution in [0, 0.1) is 0 Å². The van der Waals surface area contributed by atoms with Gasteiger partial charge in [-0.05, 0) is 30.3 Å². The summed E-state index contributed by atoms with van der Waals surface area (Å²) in [5.41, 5.74) is 1.46. The molecule has 4 nitrogen and oxygen atoms in total. The van der Waals surface area contributed by atoms with Crippen molar-refractivity contribution in [2.75, 3.05) is 12.4 Å². The highest BCUT2D eigenvalue weighted by molar-refractivity contribution is 6.35. The molecule has 0 amide bonds. The monoisotopic (exact) mass is 355 g/mol. The van der Waals surface area contributed by atoms with Crippen LogP contribution in [0.5, 0.6) is 5.75 Å². The van der Waals surface area contributed by atoms with Gasteiger partial charge < -0.3 is 10.1 Å². The summed E-state index contributed by atoms with van der Waals surface area (Å²) in [5.74, 6) is 1.30. The van der Waals surface area contributed by atoms with E-state index in [2.05, 4.69) is 15.3 Å². The van der Waals surface area contributed by atoms with Crippen LogP contribution in [0.1, 0.15) is 0 Å². The molecule has 0 aliphatic rings. The fourth-order valence-electron chi connectivity index (χ4n) is 2.06. The Labute approximate surface area is 143 Å². The van der Waals surface area contributed by atoms with E-state index in [-0.39, 0.29) is 12.4 Å². The Morgan fingerprint density at radius 2 is 1.91 bits per heavy atom. The van der Waals surface area contributed by atoms with Gasteiger partial charge in [0.2, 0.25) is 0 Å². The molecule has 0 spiro atoms. The van der Waals surface area contributed by atoms with Gasteiger partial charge in [-0.1, -0.05) is 29.3 Å². The third-order valence-electron chi connectivity index (χ3n) is 3.03. The molecule has 7 heteroatoms. The predicted octanol–water partition coefficient (Wildman–Crippen LogP) is 5.11. The van der Waals surface area contributed by atoms with Crippen molar-refractivity contribution in [2.24, 2.45) is 0 Å². The number of benzene rings is 2. The molecule has 0 aliphatic carbocycles. The molecular weight excluding hydrogens is 345 g/mol. The fraction of sp³-hybridized carbons (Fsp3) is 0.0667. The zero-order valence-electron chi connectivity index (χ0n) is 11.5. The van der Waals surface area contributed by atoms with E-state index >= 15 is 0 Å². The Morgan fingerprint density at radius 1 is 1.09 bits per heavy atom. The van der Waals surface area contributed by atoms with E-state index in [1.165, 1.54) is 6.33 Å². The van der Waals surface area contributed by atoms with Crippen LogP contribution < -0.4 is 10.1 Å². The third kappa shape index (κ3) is 3.19. The number of halogens is 3. The summed E-state index contributed by atoms with van der Waals surface area (Å²) >= 11 is 12.2. The second-order valence-electron chi connectivity index (χ2n) is 4.33. The molecule has 0 saturated heterocycles. The maximum absolute atomic E-state index is 6.18. The molecule has 22 heavy (non-hydrogen) atoms. The first kappa shape index (κ1) is 16.6. The van der Waals surface area contributed by atoms with E-state index in [0.29, 0.717) is 27.3 Å². The van der Waals surface area contributed by atoms with E-state index in [0.717, 1.165) is 10.9 Å². The number of methoxy groups -OCH3 is 1. The van der Waals surface area contributed by atoms with Gasteiger partial charge in [0.15, 0.2) is 0 Å². The van der Waals surface area contributed by atoms with Crippen molar-refractivity contribution in [3.05, 3.63) is 52.8 Å². The highest BCUT2D eigenvalue weighted by Crippen LogP contribution is 2.34. The summed E-state index contributed by atoms with van der Waals surface area (Å²) in [7, 11) is 1.61. The molecule has 0 fully saturated rings. The van der Waals surface area contributed by atoms with Crippen molar-refractivity contribution in [2.45, 2.75) is 0 Å². The molecule has 3 aromatic rings. The van der Waals surface area contributed by atoms with Crippen molar-refractivity contribution in [1.82, 2.24) is 9.97 Å². The fourth-order valence-corrected chi connectivity index (χ4v) is 2.40. The number of aromatic nitrogens is 2. The van der Waals surface area contributed by atoms with Crippen molar-refractivity contribution in [3.8, 4) is 5.75 Å². The van der Waals surface area contributed by atoms with Crippen LogP contribution in [0.4, 0.5) is 11.5 Å². The van der Waals surface area contributed by atoms with Crippen LogP contribution >= 0.6 is 35.6 Å². The summed E-state index contributed by atoms with van der Waals surface area (Å²) < 4.78 is 5.38. The van der Waals surface area contributed by atoms with Gasteiger partial charge in [0.1, 0.15) is 17.9 Å². The number of ether oxygens (including phenoxy) is 1. The lowest BCUT2D eigenvalue weighted by atomic mass is 10.2. The van der Waals surface area contributed by atoms with E-state index in [9.17, 15) is 0 Å². The second-order valence-corrected chi connectivity index (χ2v) is 5.17. The first-order chi connectivity index (χ1) is 10.2. The number of hydrogen-bond acceptors (Lipinski definition) is 4. The molecule has 0 unspecified atom stereocenters. The standard InChI is InChI=1S/C15H11Cl2N3O.ClH/c1-21-13-4-2-3-11-14(13)15(19-8-18-11)20-12-7-9(16)5-6-10(12)17;/h2-8H,1H3,(H,18,19,20);1H. The van der Waals surface area contributed by atoms with Gasteiger partial charge in [0.25, 0.3) is 0 Å². The Hall–Kier alpha value is -1.75. The molecule has 0 atom stereocenters. The molecule has 3 rings (SSSR count). The molecule has 0 aliphatic heterocycles. The summed E-state index contributed by atoms with van der Waals surface area (Å²) in [5, 5.41) is 5.12. The first-order valence-electron chi connectivity index (χ1n) is 6.19. The molecule has 0 radical (unpaired) electrons. The number of nitrogens with zero attached hydrogens (tertiary/aromatic N) is 2. The number of fused-ring (bicyclic) bond motifs is 1. The van der Waals surface area contributed by atoms with Gasteiger partial charge >= 0.3 is 0 Å². The Kier molecular flexibility index (Phi) is 5.29. The maximum Gasteiger partial charge on any atom is 0.145 e. The van der Waals surface area contributed by atoms with Crippen LogP contribution in [-0.2, 0) is 0 Å². The molecule has 1 heterocycles. The van der Waals surface area contributed by atoms with E-state index in [1.807, 2.05) is 18.2 Å². The smallest absolute Gasteiger partial charge is 0.145 e. The molecular formula is C15H12Cl3N3O. The minimum absolute atomic E-state index is 0. The van der Waals surface area contributed by atoms with Gasteiger partial charge in [-0.2, -0.15) is 0 Å². The summed E-state index contributed by atoms with van der Waals surface area (Å²) in [6.45, 7) is 0. The van der Waals surface area contributed by atoms with Gasteiger partial charge in [0.05, 0.1) is 28.7 Å². The minimum atomic E-state index is 0. The van der Waals surface area contributed by atoms with E-state index < -0.39 is 0 Å². The Balaban J connectivity index is 0.00000176. The molecule has 114 valence electrons. The van der Waals surface area contributed by atoms with Crippen molar-refractivity contribution in [3.63, 3.8) is 0 Å². The first-order valence-corrected chi connectivity index (χ1v) is 6.94. The summed E-state index contributed by atoms with van der Waals surface area (Å²) in [4.78, 5) is 8.52. The highest BCUT2D eigenvalue weighted by Gasteiger charge is 2.11. The topological polar surface area (TPSA) is 47.0 Å². The van der Waals surface area contributed by atoms with Crippen molar-refractivity contribution < 1.29 is 4.74 Å². The van der Waals surface area contributed by atoms with Crippen LogP contribution in [0.15, 0.2) is 42.7 Å². The number of hydrogen-bond donors (Lipinski definition) is 1. The van der Waals surface area contributed by atoms with Gasteiger partial charge in [-0.3, -0.25) is 0 Å². The lowest BCUT2D eigenvalue weighted by Crippen LogP contribution is -1.98. The zero-order chi connectivity index (χ0) is 14.8. The SMILES string of the molecule is COc1cccc2ncnc(Nc3cc(Cl)ccc3Cl)c12.Cl. The maximum atomic E-state index is 6.18. The average Bonchev–Trinajstić information content (AvgIpc) is 2.50. The minimum Gasteiger partial charge on any atom is -0.496 e. The summed E-state index contributed by atoms with van der Waals surface area (Å²) in [6.07, 6.45) is 1.49. The Bertz CT molecular complexity index is 806. The number of rotatable bonds is 3. The van der Waals surface area contributed by atoms with Gasteiger partial charge in [0, 0.05) is 5.02 Å². The quantitative estimate of drug-likeness (QED) is 0.708. The largest absolute Gasteiger partial charge is 0.496 e. The number of anilines is 2. The van der Waals surface area contributed by atoms with Crippen LogP contribution in [0.3, 0.4) is 0 Å². The lowest BCUT2D eigenvalue weighted by Gasteiger charge is -2.12. The molecule has 1 aromatic heterocycles. The van der Waals surface area contributed by atoms with Gasteiger partial charge in [-0.25, -0.2) is 9.97 Å². The molecule has 1 N–H and O–H groups in total. The predicted molar refractivity (Wildman–Crippen MR) is 93.1 cm³/mol. The third-order valence-corrected chi connectivity index (χ3v) is 3.59.